The van der Waals surface area contributed by atoms with E-state index < -0.39 is 16.4 Å². The molecule has 1 aromatic carbocycles. The molecule has 0 bridgehead atoms. The van der Waals surface area contributed by atoms with Crippen LogP contribution in [0.2, 0.25) is 0 Å². The van der Waals surface area contributed by atoms with Gasteiger partial charge in [-0.05, 0) is 37.3 Å². The van der Waals surface area contributed by atoms with Crippen molar-refractivity contribution in [2.24, 2.45) is 5.92 Å². The van der Waals surface area contributed by atoms with Crippen LogP contribution in [0.3, 0.4) is 0 Å². The molecule has 1 N–H and O–H groups in total. The van der Waals surface area contributed by atoms with Crippen molar-refractivity contribution in [2.45, 2.75) is 45.1 Å². The van der Waals surface area contributed by atoms with Crippen LogP contribution < -0.4 is 5.32 Å². The summed E-state index contributed by atoms with van der Waals surface area (Å²) in [6, 6.07) is 3.31. The summed E-state index contributed by atoms with van der Waals surface area (Å²) in [6.45, 7) is 2.20. The number of carbonyl (C=O) groups excluding carboxylic acids is 1. The fraction of sp³-hybridized carbons (Fsp3) is 0.533. The lowest BCUT2D eigenvalue weighted by molar-refractivity contribution is -0.387. The number of rotatable bonds is 3. The van der Waals surface area contributed by atoms with Crippen LogP contribution in [-0.4, -0.2) is 16.9 Å². The highest BCUT2D eigenvalue weighted by atomic mass is 19.1. The summed E-state index contributed by atoms with van der Waals surface area (Å²) in [6.07, 6.45) is 5.12. The lowest BCUT2D eigenvalue weighted by atomic mass is 10.0. The van der Waals surface area contributed by atoms with E-state index in [-0.39, 0.29) is 17.5 Å². The third-order valence-corrected chi connectivity index (χ3v) is 4.00. The predicted molar refractivity (Wildman–Crippen MR) is 76.6 cm³/mol. The van der Waals surface area contributed by atoms with Crippen LogP contribution in [-0.2, 0) is 0 Å². The van der Waals surface area contributed by atoms with E-state index in [0.717, 1.165) is 44.2 Å². The number of benzene rings is 1. The summed E-state index contributed by atoms with van der Waals surface area (Å²) in [5.41, 5.74) is -0.544. The molecule has 1 aliphatic rings. The van der Waals surface area contributed by atoms with Crippen molar-refractivity contribution in [2.75, 3.05) is 0 Å². The maximum Gasteiger partial charge on any atom is 0.305 e. The maximum atomic E-state index is 13.3. The van der Waals surface area contributed by atoms with Gasteiger partial charge in [-0.1, -0.05) is 19.8 Å². The van der Waals surface area contributed by atoms with E-state index in [9.17, 15) is 19.3 Å². The second-order valence-corrected chi connectivity index (χ2v) is 5.71. The standard InChI is InChI=1S/C15H19FN2O3/c1-10-3-2-4-12(7-5-10)17-15(19)11-6-8-13(16)14(9-11)18(20)21/h6,8-10,12H,2-5,7H2,1H3,(H,17,19). The highest BCUT2D eigenvalue weighted by molar-refractivity contribution is 5.95. The number of nitrogens with zero attached hydrogens (tertiary/aromatic N) is 1. The van der Waals surface area contributed by atoms with Gasteiger partial charge in [0.1, 0.15) is 0 Å². The van der Waals surface area contributed by atoms with Crippen molar-refractivity contribution >= 4 is 11.6 Å². The molecule has 0 spiro atoms. The van der Waals surface area contributed by atoms with Gasteiger partial charge in [-0.25, -0.2) is 0 Å². The second-order valence-electron chi connectivity index (χ2n) is 5.71. The smallest absolute Gasteiger partial charge is 0.305 e. The van der Waals surface area contributed by atoms with Crippen LogP contribution in [0.15, 0.2) is 18.2 Å². The van der Waals surface area contributed by atoms with Gasteiger partial charge in [0.2, 0.25) is 5.82 Å². The zero-order valence-electron chi connectivity index (χ0n) is 12.0. The first-order valence-corrected chi connectivity index (χ1v) is 7.22. The largest absolute Gasteiger partial charge is 0.349 e. The first-order valence-electron chi connectivity index (χ1n) is 7.22. The maximum absolute atomic E-state index is 13.3. The number of nitrogens with one attached hydrogen (secondary N) is 1. The zero-order valence-corrected chi connectivity index (χ0v) is 12.0. The Labute approximate surface area is 122 Å². The van der Waals surface area contributed by atoms with Gasteiger partial charge in [0.05, 0.1) is 4.92 Å². The highest BCUT2D eigenvalue weighted by Gasteiger charge is 2.21. The number of hydrogen-bond donors (Lipinski definition) is 1. The number of amides is 1. The summed E-state index contributed by atoms with van der Waals surface area (Å²) < 4.78 is 13.3. The van der Waals surface area contributed by atoms with E-state index in [1.54, 1.807) is 0 Å². The molecule has 0 aliphatic heterocycles. The SMILES string of the molecule is CC1CCCC(NC(=O)c2ccc(F)c([N+](=O)[O-])c2)CC1. The van der Waals surface area contributed by atoms with Gasteiger partial charge in [0.15, 0.2) is 0 Å². The van der Waals surface area contributed by atoms with Crippen LogP contribution in [0.5, 0.6) is 0 Å². The fourth-order valence-corrected chi connectivity index (χ4v) is 2.69. The Morgan fingerprint density at radius 3 is 2.81 bits per heavy atom. The highest BCUT2D eigenvalue weighted by Crippen LogP contribution is 2.23. The number of carbonyl (C=O) groups is 1. The van der Waals surface area contributed by atoms with Crippen LogP contribution in [0.4, 0.5) is 10.1 Å². The van der Waals surface area contributed by atoms with Gasteiger partial charge < -0.3 is 5.32 Å². The Hall–Kier alpha value is -1.98. The normalized spacial score (nSPS) is 22.4. The molecule has 1 aromatic rings. The molecular formula is C15H19FN2O3. The molecule has 114 valence electrons. The predicted octanol–water partition coefficient (Wildman–Crippen LogP) is 3.43. The second kappa shape index (κ2) is 6.65. The van der Waals surface area contributed by atoms with Crippen LogP contribution >= 0.6 is 0 Å². The van der Waals surface area contributed by atoms with Gasteiger partial charge in [-0.15, -0.1) is 0 Å². The molecule has 0 heterocycles. The minimum absolute atomic E-state index is 0.0894. The van der Waals surface area contributed by atoms with Crippen molar-refractivity contribution in [1.82, 2.24) is 5.32 Å². The molecule has 0 saturated heterocycles. The van der Waals surface area contributed by atoms with Gasteiger partial charge in [0, 0.05) is 17.7 Å². The molecule has 6 heteroatoms. The topological polar surface area (TPSA) is 72.2 Å². The Morgan fingerprint density at radius 1 is 1.33 bits per heavy atom. The average Bonchev–Trinajstić information content (AvgIpc) is 2.64. The Morgan fingerprint density at radius 2 is 2.10 bits per heavy atom. The van der Waals surface area contributed by atoms with Crippen molar-refractivity contribution in [3.63, 3.8) is 0 Å². The van der Waals surface area contributed by atoms with E-state index in [2.05, 4.69) is 12.2 Å². The van der Waals surface area contributed by atoms with E-state index >= 15 is 0 Å². The van der Waals surface area contributed by atoms with Crippen molar-refractivity contribution in [1.29, 1.82) is 0 Å². The molecule has 2 atom stereocenters. The monoisotopic (exact) mass is 294 g/mol. The van der Waals surface area contributed by atoms with Crippen molar-refractivity contribution in [3.8, 4) is 0 Å². The minimum Gasteiger partial charge on any atom is -0.349 e. The lowest BCUT2D eigenvalue weighted by Crippen LogP contribution is -2.34. The molecule has 5 nitrogen and oxygen atoms in total. The molecule has 1 aliphatic carbocycles. The minimum atomic E-state index is -0.931. The number of hydrogen-bond acceptors (Lipinski definition) is 3. The molecule has 0 radical (unpaired) electrons. The summed E-state index contributed by atoms with van der Waals surface area (Å²) in [5.74, 6) is -0.642. The van der Waals surface area contributed by atoms with E-state index in [0.29, 0.717) is 5.92 Å². The van der Waals surface area contributed by atoms with Gasteiger partial charge in [-0.3, -0.25) is 14.9 Å². The first-order chi connectivity index (χ1) is 9.97. The van der Waals surface area contributed by atoms with Gasteiger partial charge >= 0.3 is 5.69 Å². The third kappa shape index (κ3) is 4.00. The molecule has 21 heavy (non-hydrogen) atoms. The number of nitro benzene ring substituents is 1. The van der Waals surface area contributed by atoms with Gasteiger partial charge in [-0.2, -0.15) is 4.39 Å². The lowest BCUT2D eigenvalue weighted by Gasteiger charge is -2.16. The summed E-state index contributed by atoms with van der Waals surface area (Å²) >= 11 is 0. The number of nitro groups is 1. The average molecular weight is 294 g/mol. The summed E-state index contributed by atoms with van der Waals surface area (Å²) in [5, 5.41) is 13.6. The molecular weight excluding hydrogens is 275 g/mol. The Balaban J connectivity index is 2.06. The van der Waals surface area contributed by atoms with E-state index in [1.165, 1.54) is 6.07 Å². The summed E-state index contributed by atoms with van der Waals surface area (Å²) in [4.78, 5) is 22.0. The molecule has 2 unspecified atom stereocenters. The molecule has 1 saturated carbocycles. The Bertz CT molecular complexity index is 548. The summed E-state index contributed by atoms with van der Waals surface area (Å²) in [7, 11) is 0. The Kier molecular flexibility index (Phi) is 4.88. The molecule has 0 aromatic heterocycles. The first kappa shape index (κ1) is 15.4. The molecule has 2 rings (SSSR count). The quantitative estimate of drug-likeness (QED) is 0.527. The zero-order chi connectivity index (χ0) is 15.4. The van der Waals surface area contributed by atoms with Crippen LogP contribution in [0.25, 0.3) is 0 Å². The fourth-order valence-electron chi connectivity index (χ4n) is 2.69. The van der Waals surface area contributed by atoms with E-state index in [4.69, 9.17) is 0 Å². The molecule has 1 amide bonds. The molecule has 1 fully saturated rings. The number of halogens is 1. The third-order valence-electron chi connectivity index (χ3n) is 4.00. The van der Waals surface area contributed by atoms with Crippen LogP contribution in [0.1, 0.15) is 49.4 Å². The van der Waals surface area contributed by atoms with Gasteiger partial charge in [0.25, 0.3) is 5.91 Å². The van der Waals surface area contributed by atoms with Crippen molar-refractivity contribution < 1.29 is 14.1 Å². The van der Waals surface area contributed by atoms with Crippen molar-refractivity contribution in [3.05, 3.63) is 39.7 Å². The van der Waals surface area contributed by atoms with Crippen LogP contribution in [0, 0.1) is 21.8 Å². The van der Waals surface area contributed by atoms with E-state index in [1.807, 2.05) is 0 Å².